The molecule has 8 heteroatoms. The number of nitrogens with two attached hydrogens (primary N) is 1. The van der Waals surface area contributed by atoms with E-state index in [0.29, 0.717) is 13.0 Å². The van der Waals surface area contributed by atoms with Gasteiger partial charge < -0.3 is 10.6 Å². The number of hydrogen-bond acceptors (Lipinski definition) is 5. The van der Waals surface area contributed by atoms with Gasteiger partial charge in [-0.05, 0) is 35.7 Å². The Morgan fingerprint density at radius 3 is 2.63 bits per heavy atom. The van der Waals surface area contributed by atoms with Crippen molar-refractivity contribution in [1.82, 2.24) is 4.31 Å². The fourth-order valence-corrected chi connectivity index (χ4v) is 5.00. The zero-order valence-electron chi connectivity index (χ0n) is 14.9. The minimum Gasteiger partial charge on any atom is -0.369 e. The molecule has 4 rings (SSSR count). The summed E-state index contributed by atoms with van der Waals surface area (Å²) in [6.07, 6.45) is 0.633. The molecule has 0 bridgehead atoms. The van der Waals surface area contributed by atoms with E-state index >= 15 is 0 Å². The highest BCUT2D eigenvalue weighted by molar-refractivity contribution is 7.89. The number of nitrogens with zero attached hydrogens (tertiary/aromatic N) is 3. The van der Waals surface area contributed by atoms with E-state index in [-0.39, 0.29) is 29.3 Å². The first-order valence-corrected chi connectivity index (χ1v) is 10.1. The van der Waals surface area contributed by atoms with Crippen LogP contribution in [0.4, 0.5) is 5.69 Å². The molecule has 7 nitrogen and oxygen atoms in total. The number of anilines is 1. The van der Waals surface area contributed by atoms with E-state index in [1.807, 2.05) is 30.3 Å². The van der Waals surface area contributed by atoms with Gasteiger partial charge in [-0.15, -0.1) is 0 Å². The summed E-state index contributed by atoms with van der Waals surface area (Å²) in [6.45, 7) is 2.25. The summed E-state index contributed by atoms with van der Waals surface area (Å²) in [4.78, 5) is 17.8. The highest BCUT2D eigenvalue weighted by atomic mass is 32.2. The van der Waals surface area contributed by atoms with Crippen molar-refractivity contribution in [2.24, 2.45) is 10.7 Å². The van der Waals surface area contributed by atoms with Crippen LogP contribution in [0.1, 0.15) is 24.1 Å². The molecule has 0 spiro atoms. The monoisotopic (exact) mass is 384 g/mol. The third kappa shape index (κ3) is 2.95. The number of benzene rings is 2. The van der Waals surface area contributed by atoms with Gasteiger partial charge in [0.05, 0.1) is 17.5 Å². The number of amides is 1. The third-order valence-corrected chi connectivity index (χ3v) is 6.75. The lowest BCUT2D eigenvalue weighted by molar-refractivity contribution is -0.116. The van der Waals surface area contributed by atoms with Crippen molar-refractivity contribution in [3.63, 3.8) is 0 Å². The fraction of sp³-hybridized carbons (Fsp3) is 0.263. The molecule has 140 valence electrons. The first-order chi connectivity index (χ1) is 12.9. The van der Waals surface area contributed by atoms with Crippen LogP contribution < -0.4 is 10.6 Å². The summed E-state index contributed by atoms with van der Waals surface area (Å²) in [7, 11) is -3.81. The average molecular weight is 384 g/mol. The van der Waals surface area contributed by atoms with Crippen molar-refractivity contribution in [2.45, 2.75) is 24.3 Å². The van der Waals surface area contributed by atoms with Crippen molar-refractivity contribution < 1.29 is 13.2 Å². The van der Waals surface area contributed by atoms with Crippen molar-refractivity contribution >= 4 is 27.6 Å². The lowest BCUT2D eigenvalue weighted by Crippen LogP contribution is -2.39. The fourth-order valence-electron chi connectivity index (χ4n) is 3.58. The van der Waals surface area contributed by atoms with E-state index in [1.165, 1.54) is 13.0 Å². The summed E-state index contributed by atoms with van der Waals surface area (Å²) in [5, 5.41) is 0. The number of carbonyl (C=O) groups excluding carboxylic acids is 1. The molecular formula is C19H20N4O3S. The second-order valence-corrected chi connectivity index (χ2v) is 8.52. The SMILES string of the molecule is CC(=O)N1CCc2cc(S(=O)(=O)N3C[C@H](c4ccccc4)N=C3N)ccc21. The van der Waals surface area contributed by atoms with Gasteiger partial charge in [-0.25, -0.2) is 17.7 Å². The van der Waals surface area contributed by atoms with Crippen LogP contribution in [-0.2, 0) is 21.2 Å². The summed E-state index contributed by atoms with van der Waals surface area (Å²) in [5.41, 5.74) is 8.49. The number of fused-ring (bicyclic) bond motifs is 1. The molecule has 0 aromatic heterocycles. The molecule has 0 saturated carbocycles. The van der Waals surface area contributed by atoms with Crippen LogP contribution in [0.2, 0.25) is 0 Å². The lowest BCUT2D eigenvalue weighted by Gasteiger charge is -2.20. The van der Waals surface area contributed by atoms with E-state index in [2.05, 4.69) is 4.99 Å². The molecule has 27 heavy (non-hydrogen) atoms. The Hall–Kier alpha value is -2.87. The summed E-state index contributed by atoms with van der Waals surface area (Å²) < 4.78 is 27.4. The Morgan fingerprint density at radius 1 is 1.19 bits per heavy atom. The molecule has 0 unspecified atom stereocenters. The molecule has 2 N–H and O–H groups in total. The normalized spacial score (nSPS) is 19.1. The molecule has 0 radical (unpaired) electrons. The smallest absolute Gasteiger partial charge is 0.266 e. The van der Waals surface area contributed by atoms with E-state index in [0.717, 1.165) is 21.1 Å². The maximum atomic E-state index is 13.1. The Balaban J connectivity index is 1.63. The topological polar surface area (TPSA) is 96.1 Å². The quantitative estimate of drug-likeness (QED) is 0.870. The van der Waals surface area contributed by atoms with Crippen molar-refractivity contribution in [1.29, 1.82) is 0 Å². The lowest BCUT2D eigenvalue weighted by atomic mass is 10.1. The van der Waals surface area contributed by atoms with Crippen LogP contribution in [0.5, 0.6) is 0 Å². The largest absolute Gasteiger partial charge is 0.369 e. The van der Waals surface area contributed by atoms with Crippen molar-refractivity contribution in [3.8, 4) is 0 Å². The van der Waals surface area contributed by atoms with Crippen LogP contribution in [0.3, 0.4) is 0 Å². The number of aliphatic imine (C=N–C) groups is 1. The minimum absolute atomic E-state index is 0.00489. The molecule has 0 saturated heterocycles. The summed E-state index contributed by atoms with van der Waals surface area (Å²) in [5.74, 6) is -0.0549. The molecule has 2 aliphatic rings. The first-order valence-electron chi connectivity index (χ1n) is 8.70. The maximum absolute atomic E-state index is 13.1. The highest BCUT2D eigenvalue weighted by Crippen LogP contribution is 2.33. The van der Waals surface area contributed by atoms with Crippen LogP contribution >= 0.6 is 0 Å². The van der Waals surface area contributed by atoms with Gasteiger partial charge in [0.15, 0.2) is 0 Å². The van der Waals surface area contributed by atoms with Crippen LogP contribution in [0.15, 0.2) is 58.4 Å². The second-order valence-electron chi connectivity index (χ2n) is 6.66. The molecule has 0 fully saturated rings. The molecule has 2 aromatic rings. The molecule has 2 aliphatic heterocycles. The van der Waals surface area contributed by atoms with Crippen molar-refractivity contribution in [2.75, 3.05) is 18.0 Å². The zero-order valence-corrected chi connectivity index (χ0v) is 15.7. The zero-order chi connectivity index (χ0) is 19.2. The van der Waals surface area contributed by atoms with E-state index < -0.39 is 10.0 Å². The molecule has 1 atom stereocenters. The predicted molar refractivity (Wildman–Crippen MR) is 103 cm³/mol. The van der Waals surface area contributed by atoms with Gasteiger partial charge in [-0.2, -0.15) is 0 Å². The Kier molecular flexibility index (Phi) is 4.15. The van der Waals surface area contributed by atoms with Gasteiger partial charge in [-0.1, -0.05) is 30.3 Å². The Labute approximate surface area is 158 Å². The standard InChI is InChI=1S/C19H20N4O3S/c1-13(24)22-10-9-15-11-16(7-8-18(15)22)27(25,26)23-12-17(21-19(23)20)14-5-3-2-4-6-14/h2-8,11,17H,9-10,12H2,1H3,(H2,20,21)/t17-/m1/s1. The van der Waals surface area contributed by atoms with E-state index in [1.54, 1.807) is 17.0 Å². The number of carbonyl (C=O) groups is 1. The number of rotatable bonds is 3. The summed E-state index contributed by atoms with van der Waals surface area (Å²) in [6, 6.07) is 14.0. The summed E-state index contributed by atoms with van der Waals surface area (Å²) >= 11 is 0. The molecule has 0 aliphatic carbocycles. The predicted octanol–water partition coefficient (Wildman–Crippen LogP) is 1.66. The molecular weight excluding hydrogens is 364 g/mol. The molecule has 2 heterocycles. The Bertz CT molecular complexity index is 1030. The first kappa shape index (κ1) is 17.5. The van der Waals surface area contributed by atoms with Gasteiger partial charge >= 0.3 is 0 Å². The van der Waals surface area contributed by atoms with E-state index in [4.69, 9.17) is 5.73 Å². The van der Waals surface area contributed by atoms with Crippen LogP contribution in [-0.4, -0.2) is 37.7 Å². The molecule has 1 amide bonds. The number of sulfonamides is 1. The Morgan fingerprint density at radius 2 is 1.93 bits per heavy atom. The number of guanidine groups is 1. The van der Waals surface area contributed by atoms with Crippen molar-refractivity contribution in [3.05, 3.63) is 59.7 Å². The van der Waals surface area contributed by atoms with Gasteiger partial charge in [-0.3, -0.25) is 4.79 Å². The number of hydrogen-bond donors (Lipinski definition) is 1. The van der Waals surface area contributed by atoms with Gasteiger partial charge in [0.1, 0.15) is 0 Å². The average Bonchev–Trinajstić information content (AvgIpc) is 3.26. The van der Waals surface area contributed by atoms with Crippen LogP contribution in [0.25, 0.3) is 0 Å². The second kappa shape index (κ2) is 6.38. The highest BCUT2D eigenvalue weighted by Gasteiger charge is 2.35. The van der Waals surface area contributed by atoms with Gasteiger partial charge in [0, 0.05) is 19.2 Å². The van der Waals surface area contributed by atoms with Crippen LogP contribution in [0, 0.1) is 0 Å². The third-order valence-electron chi connectivity index (χ3n) is 4.98. The van der Waals surface area contributed by atoms with Gasteiger partial charge in [0.2, 0.25) is 11.9 Å². The molecule has 2 aromatic carbocycles. The van der Waals surface area contributed by atoms with Gasteiger partial charge in [0.25, 0.3) is 10.0 Å². The minimum atomic E-state index is -3.81. The maximum Gasteiger partial charge on any atom is 0.266 e. The van der Waals surface area contributed by atoms with E-state index in [9.17, 15) is 13.2 Å².